The van der Waals surface area contributed by atoms with E-state index in [1.165, 1.54) is 0 Å². The number of carbonyl (C=O) groups excluding carboxylic acids is 1. The SMILES string of the molecule is CCNC(=S)NN=Cc1ccc(OC(=O)c2ccccc2)cc1. The smallest absolute Gasteiger partial charge is 0.343 e. The Bertz CT molecular complexity index is 685. The van der Waals surface area contributed by atoms with Crippen LogP contribution in [0.3, 0.4) is 0 Å². The van der Waals surface area contributed by atoms with Crippen molar-refractivity contribution in [3.05, 3.63) is 65.7 Å². The largest absolute Gasteiger partial charge is 0.423 e. The van der Waals surface area contributed by atoms with Crippen molar-refractivity contribution in [3.63, 3.8) is 0 Å². The Balaban J connectivity index is 1.91. The summed E-state index contributed by atoms with van der Waals surface area (Å²) in [6.45, 7) is 2.69. The molecule has 0 heterocycles. The maximum absolute atomic E-state index is 11.9. The molecule has 2 rings (SSSR count). The van der Waals surface area contributed by atoms with E-state index in [1.54, 1.807) is 54.7 Å². The van der Waals surface area contributed by atoms with Crippen LogP contribution in [0.15, 0.2) is 59.7 Å². The Labute approximate surface area is 140 Å². The van der Waals surface area contributed by atoms with Crippen LogP contribution in [0.25, 0.3) is 0 Å². The second kappa shape index (κ2) is 8.65. The topological polar surface area (TPSA) is 62.7 Å². The van der Waals surface area contributed by atoms with Crippen molar-refractivity contribution in [2.24, 2.45) is 5.10 Å². The molecule has 0 aliphatic rings. The molecular weight excluding hydrogens is 310 g/mol. The molecule has 2 N–H and O–H groups in total. The molecule has 5 nitrogen and oxygen atoms in total. The summed E-state index contributed by atoms with van der Waals surface area (Å²) in [6.07, 6.45) is 1.63. The highest BCUT2D eigenvalue weighted by Gasteiger charge is 2.07. The maximum Gasteiger partial charge on any atom is 0.343 e. The van der Waals surface area contributed by atoms with E-state index in [0.717, 1.165) is 12.1 Å². The van der Waals surface area contributed by atoms with Crippen molar-refractivity contribution in [1.82, 2.24) is 10.7 Å². The van der Waals surface area contributed by atoms with Crippen LogP contribution in [0, 0.1) is 0 Å². The van der Waals surface area contributed by atoms with Crippen LogP contribution >= 0.6 is 12.2 Å². The van der Waals surface area contributed by atoms with Crippen LogP contribution in [-0.4, -0.2) is 23.8 Å². The fourth-order valence-electron chi connectivity index (χ4n) is 1.73. The van der Waals surface area contributed by atoms with Gasteiger partial charge >= 0.3 is 5.97 Å². The molecule has 6 heteroatoms. The molecule has 0 saturated heterocycles. The molecule has 0 radical (unpaired) electrons. The van der Waals surface area contributed by atoms with Gasteiger partial charge in [-0.15, -0.1) is 0 Å². The van der Waals surface area contributed by atoms with E-state index < -0.39 is 0 Å². The summed E-state index contributed by atoms with van der Waals surface area (Å²) in [7, 11) is 0. The van der Waals surface area contributed by atoms with Crippen molar-refractivity contribution in [3.8, 4) is 5.75 Å². The number of nitrogens with zero attached hydrogens (tertiary/aromatic N) is 1. The lowest BCUT2D eigenvalue weighted by Gasteiger charge is -2.05. The van der Waals surface area contributed by atoms with Crippen LogP contribution in [0.4, 0.5) is 0 Å². The summed E-state index contributed by atoms with van der Waals surface area (Å²) in [5.41, 5.74) is 4.08. The zero-order valence-corrected chi connectivity index (χ0v) is 13.5. The molecule has 0 unspecified atom stereocenters. The molecule has 0 bridgehead atoms. The van der Waals surface area contributed by atoms with Gasteiger partial charge in [-0.05, 0) is 61.1 Å². The molecule has 0 saturated carbocycles. The summed E-state index contributed by atoms with van der Waals surface area (Å²) in [4.78, 5) is 11.9. The standard InChI is InChI=1S/C17H17N3O2S/c1-2-18-17(23)20-19-12-13-8-10-15(11-9-13)22-16(21)14-6-4-3-5-7-14/h3-12H,2H2,1H3,(H2,18,20,23). The molecule has 0 aliphatic carbocycles. The van der Waals surface area contributed by atoms with Crippen LogP contribution in [-0.2, 0) is 0 Å². The first kappa shape index (κ1) is 16.6. The van der Waals surface area contributed by atoms with E-state index in [1.807, 2.05) is 13.0 Å². The minimum absolute atomic E-state index is 0.385. The maximum atomic E-state index is 11.9. The average Bonchev–Trinajstić information content (AvgIpc) is 2.57. The van der Waals surface area contributed by atoms with Crippen LogP contribution in [0.5, 0.6) is 5.75 Å². The Kier molecular flexibility index (Phi) is 6.26. The van der Waals surface area contributed by atoms with Gasteiger partial charge in [0, 0.05) is 6.54 Å². The number of hydrazone groups is 1. The quantitative estimate of drug-likeness (QED) is 0.291. The average molecular weight is 327 g/mol. The number of carbonyl (C=O) groups is 1. The first-order chi connectivity index (χ1) is 11.2. The molecule has 0 spiro atoms. The lowest BCUT2D eigenvalue weighted by molar-refractivity contribution is 0.0735. The molecule has 2 aromatic carbocycles. The lowest BCUT2D eigenvalue weighted by Crippen LogP contribution is -2.31. The summed E-state index contributed by atoms with van der Waals surface area (Å²) >= 11 is 4.99. The third kappa shape index (κ3) is 5.52. The van der Waals surface area contributed by atoms with Crippen molar-refractivity contribution in [1.29, 1.82) is 0 Å². The first-order valence-electron chi connectivity index (χ1n) is 7.13. The zero-order valence-electron chi connectivity index (χ0n) is 12.7. The van der Waals surface area contributed by atoms with Gasteiger partial charge in [-0.25, -0.2) is 4.79 Å². The van der Waals surface area contributed by atoms with E-state index in [0.29, 0.717) is 16.4 Å². The first-order valence-corrected chi connectivity index (χ1v) is 7.54. The highest BCUT2D eigenvalue weighted by molar-refractivity contribution is 7.80. The van der Waals surface area contributed by atoms with Gasteiger partial charge in [-0.3, -0.25) is 5.43 Å². The molecule has 0 atom stereocenters. The number of rotatable bonds is 5. The Morgan fingerprint density at radius 3 is 2.52 bits per heavy atom. The number of ether oxygens (including phenoxy) is 1. The van der Waals surface area contributed by atoms with E-state index in [4.69, 9.17) is 17.0 Å². The number of benzene rings is 2. The third-order valence-electron chi connectivity index (χ3n) is 2.82. The second-order valence-electron chi connectivity index (χ2n) is 4.55. The van der Waals surface area contributed by atoms with E-state index >= 15 is 0 Å². The van der Waals surface area contributed by atoms with Gasteiger partial charge in [-0.2, -0.15) is 5.10 Å². The van der Waals surface area contributed by atoms with Gasteiger partial charge < -0.3 is 10.1 Å². The Morgan fingerprint density at radius 2 is 1.87 bits per heavy atom. The zero-order chi connectivity index (χ0) is 16.5. The van der Waals surface area contributed by atoms with Crippen LogP contribution < -0.4 is 15.5 Å². The van der Waals surface area contributed by atoms with Crippen molar-refractivity contribution in [2.75, 3.05) is 6.54 Å². The monoisotopic (exact) mass is 327 g/mol. The molecule has 2 aromatic rings. The van der Waals surface area contributed by atoms with Crippen LogP contribution in [0.2, 0.25) is 0 Å². The Morgan fingerprint density at radius 1 is 1.17 bits per heavy atom. The van der Waals surface area contributed by atoms with E-state index in [9.17, 15) is 4.79 Å². The Hall–Kier alpha value is -2.73. The van der Waals surface area contributed by atoms with Gasteiger partial charge in [-0.1, -0.05) is 18.2 Å². The molecular formula is C17H17N3O2S. The van der Waals surface area contributed by atoms with E-state index in [-0.39, 0.29) is 5.97 Å². The van der Waals surface area contributed by atoms with Crippen molar-refractivity contribution < 1.29 is 9.53 Å². The molecule has 23 heavy (non-hydrogen) atoms. The minimum atomic E-state index is -0.385. The highest BCUT2D eigenvalue weighted by Crippen LogP contribution is 2.13. The molecule has 0 fully saturated rings. The minimum Gasteiger partial charge on any atom is -0.423 e. The fraction of sp³-hybridized carbons (Fsp3) is 0.118. The fourth-order valence-corrected chi connectivity index (χ4v) is 1.92. The summed E-state index contributed by atoms with van der Waals surface area (Å²) < 4.78 is 5.30. The summed E-state index contributed by atoms with van der Waals surface area (Å²) in [5, 5.41) is 7.41. The molecule has 0 amide bonds. The van der Waals surface area contributed by atoms with Gasteiger partial charge in [0.25, 0.3) is 0 Å². The number of hydrogen-bond donors (Lipinski definition) is 2. The molecule has 118 valence electrons. The summed E-state index contributed by atoms with van der Waals surface area (Å²) in [6, 6.07) is 15.9. The molecule has 0 aliphatic heterocycles. The number of hydrogen-bond acceptors (Lipinski definition) is 4. The van der Waals surface area contributed by atoms with Gasteiger partial charge in [0.15, 0.2) is 5.11 Å². The van der Waals surface area contributed by atoms with Gasteiger partial charge in [0.2, 0.25) is 0 Å². The number of esters is 1. The predicted molar refractivity (Wildman–Crippen MR) is 94.8 cm³/mol. The van der Waals surface area contributed by atoms with Crippen molar-refractivity contribution >= 4 is 29.5 Å². The van der Waals surface area contributed by atoms with Crippen LogP contribution in [0.1, 0.15) is 22.8 Å². The highest BCUT2D eigenvalue weighted by atomic mass is 32.1. The third-order valence-corrected chi connectivity index (χ3v) is 3.05. The predicted octanol–water partition coefficient (Wildman–Crippen LogP) is 2.72. The number of thiocarbonyl (C=S) groups is 1. The van der Waals surface area contributed by atoms with Crippen molar-refractivity contribution in [2.45, 2.75) is 6.92 Å². The van der Waals surface area contributed by atoms with Gasteiger partial charge in [0.1, 0.15) is 5.75 Å². The summed E-state index contributed by atoms with van der Waals surface area (Å²) in [5.74, 6) is 0.0943. The van der Waals surface area contributed by atoms with Gasteiger partial charge in [0.05, 0.1) is 11.8 Å². The molecule has 0 aromatic heterocycles. The number of nitrogens with one attached hydrogen (secondary N) is 2. The normalized spacial score (nSPS) is 10.3. The van der Waals surface area contributed by atoms with E-state index in [2.05, 4.69) is 15.8 Å². The second-order valence-corrected chi connectivity index (χ2v) is 4.96. The lowest BCUT2D eigenvalue weighted by atomic mass is 10.2.